The highest BCUT2D eigenvalue weighted by molar-refractivity contribution is 5.84. The maximum atomic E-state index is 11.8. The van der Waals surface area contributed by atoms with E-state index < -0.39 is 0 Å². The van der Waals surface area contributed by atoms with Crippen molar-refractivity contribution in [1.82, 2.24) is 5.32 Å². The molecule has 3 aromatic carbocycles. The average Bonchev–Trinajstić information content (AvgIpc) is 2.78. The highest BCUT2D eigenvalue weighted by Gasteiger charge is 2.03. The minimum absolute atomic E-state index is 0.301. The van der Waals surface area contributed by atoms with Crippen LogP contribution < -0.4 is 10.1 Å². The largest absolute Gasteiger partial charge is 0.494 e. The zero-order chi connectivity index (χ0) is 21.0. The van der Waals surface area contributed by atoms with Crippen LogP contribution >= 0.6 is 0 Å². The maximum absolute atomic E-state index is 11.8. The summed E-state index contributed by atoms with van der Waals surface area (Å²) in [4.78, 5) is 11.8. The molecule has 30 heavy (non-hydrogen) atoms. The van der Waals surface area contributed by atoms with Crippen molar-refractivity contribution in [3.63, 3.8) is 0 Å². The van der Waals surface area contributed by atoms with Gasteiger partial charge in [0.15, 0.2) is 0 Å². The smallest absolute Gasteiger partial charge is 0.407 e. The highest BCUT2D eigenvalue weighted by atomic mass is 16.5. The number of carbonyl (C=O) groups excluding carboxylic acids is 1. The first kappa shape index (κ1) is 21.7. The Hall–Kier alpha value is -3.01. The molecular weight excluding hydrogens is 374 g/mol. The molecule has 4 nitrogen and oxygen atoms in total. The molecule has 1 amide bonds. The monoisotopic (exact) mass is 405 g/mol. The number of rotatable bonds is 11. The molecule has 1 N–H and O–H groups in total. The summed E-state index contributed by atoms with van der Waals surface area (Å²) >= 11 is 0. The lowest BCUT2D eigenvalue weighted by Gasteiger charge is -2.09. The van der Waals surface area contributed by atoms with Crippen LogP contribution in [0, 0.1) is 0 Å². The summed E-state index contributed by atoms with van der Waals surface area (Å²) in [5.41, 5.74) is 2.30. The fourth-order valence-corrected chi connectivity index (χ4v) is 3.27. The van der Waals surface area contributed by atoms with Gasteiger partial charge in [-0.15, -0.1) is 0 Å². The summed E-state index contributed by atoms with van der Waals surface area (Å²) in [6, 6.07) is 22.6. The van der Waals surface area contributed by atoms with Crippen LogP contribution in [0.3, 0.4) is 0 Å². The number of carbonyl (C=O) groups is 1. The van der Waals surface area contributed by atoms with E-state index in [1.807, 2.05) is 36.4 Å². The van der Waals surface area contributed by atoms with Gasteiger partial charge in [0.05, 0.1) is 6.61 Å². The van der Waals surface area contributed by atoms with Crippen molar-refractivity contribution in [2.45, 2.75) is 45.6 Å². The molecule has 0 aliphatic rings. The van der Waals surface area contributed by atoms with Crippen molar-refractivity contribution < 1.29 is 14.3 Å². The van der Waals surface area contributed by atoms with E-state index in [-0.39, 0.29) is 6.09 Å². The molecule has 0 heterocycles. The Balaban J connectivity index is 1.36. The Morgan fingerprint density at radius 3 is 2.50 bits per heavy atom. The molecule has 0 fully saturated rings. The van der Waals surface area contributed by atoms with Crippen LogP contribution in [0.15, 0.2) is 66.7 Å². The fourth-order valence-electron chi connectivity index (χ4n) is 3.27. The van der Waals surface area contributed by atoms with Crippen LogP contribution in [0.25, 0.3) is 10.8 Å². The molecule has 0 saturated heterocycles. The van der Waals surface area contributed by atoms with E-state index in [9.17, 15) is 4.79 Å². The van der Waals surface area contributed by atoms with Crippen molar-refractivity contribution in [3.8, 4) is 5.75 Å². The molecular formula is C26H31NO3. The first-order valence-electron chi connectivity index (χ1n) is 10.8. The second-order valence-electron chi connectivity index (χ2n) is 7.49. The van der Waals surface area contributed by atoms with Gasteiger partial charge < -0.3 is 14.8 Å². The number of fused-ring (bicyclic) bond motifs is 1. The molecule has 0 atom stereocenters. The van der Waals surface area contributed by atoms with Crippen LogP contribution in [-0.4, -0.2) is 19.2 Å². The lowest BCUT2D eigenvalue weighted by Crippen LogP contribution is -2.25. The lowest BCUT2D eigenvalue weighted by atomic mass is 10.0. The summed E-state index contributed by atoms with van der Waals surface area (Å²) in [5.74, 6) is 0.939. The first-order chi connectivity index (χ1) is 14.7. The zero-order valence-electron chi connectivity index (χ0n) is 17.7. The topological polar surface area (TPSA) is 47.6 Å². The molecule has 4 heteroatoms. The van der Waals surface area contributed by atoms with Crippen molar-refractivity contribution in [2.75, 3.05) is 13.2 Å². The standard InChI is InChI=1S/C26H31NO3/c1-2-3-17-29-25-15-14-23-18-21(12-13-24(23)19-25)9-7-8-16-27-26(28)30-20-22-10-5-4-6-11-22/h4-6,10-15,18-19H,2-3,7-9,16-17,20H2,1H3,(H,27,28). The molecule has 0 aliphatic heterocycles. The Kier molecular flexibility index (Phi) is 8.58. The van der Waals surface area contributed by atoms with Gasteiger partial charge in [0.1, 0.15) is 12.4 Å². The SMILES string of the molecule is CCCCOc1ccc2cc(CCCCNC(=O)OCc3ccccc3)ccc2c1. The highest BCUT2D eigenvalue weighted by Crippen LogP contribution is 2.23. The Morgan fingerprint density at radius 2 is 1.67 bits per heavy atom. The molecule has 0 saturated carbocycles. The predicted octanol–water partition coefficient (Wildman–Crippen LogP) is 6.27. The molecule has 158 valence electrons. The van der Waals surface area contributed by atoms with Crippen LogP contribution in [0.1, 0.15) is 43.7 Å². The summed E-state index contributed by atoms with van der Waals surface area (Å²) in [6.07, 6.45) is 4.79. The van der Waals surface area contributed by atoms with Crippen molar-refractivity contribution in [3.05, 3.63) is 77.9 Å². The first-order valence-corrected chi connectivity index (χ1v) is 10.8. The third kappa shape index (κ3) is 7.11. The summed E-state index contributed by atoms with van der Waals surface area (Å²) in [5, 5.41) is 5.26. The Labute approximate surface area is 179 Å². The third-order valence-corrected chi connectivity index (χ3v) is 5.02. The average molecular weight is 406 g/mol. The zero-order valence-corrected chi connectivity index (χ0v) is 17.7. The van der Waals surface area contributed by atoms with Crippen LogP contribution in [-0.2, 0) is 17.8 Å². The number of unbranched alkanes of at least 4 members (excludes halogenated alkanes) is 2. The van der Waals surface area contributed by atoms with E-state index in [2.05, 4.69) is 42.6 Å². The van der Waals surface area contributed by atoms with E-state index in [0.717, 1.165) is 50.0 Å². The number of benzene rings is 3. The van der Waals surface area contributed by atoms with Gasteiger partial charge in [0, 0.05) is 6.54 Å². The van der Waals surface area contributed by atoms with Gasteiger partial charge in [-0.25, -0.2) is 4.79 Å². The molecule has 0 aromatic heterocycles. The van der Waals surface area contributed by atoms with Gasteiger partial charge >= 0.3 is 6.09 Å². The van der Waals surface area contributed by atoms with E-state index in [1.165, 1.54) is 16.3 Å². The Morgan fingerprint density at radius 1 is 0.867 bits per heavy atom. The van der Waals surface area contributed by atoms with Gasteiger partial charge in [0.2, 0.25) is 0 Å². The molecule has 0 radical (unpaired) electrons. The lowest BCUT2D eigenvalue weighted by molar-refractivity contribution is 0.139. The van der Waals surface area contributed by atoms with Crippen molar-refractivity contribution in [2.24, 2.45) is 0 Å². The molecule has 3 rings (SSSR count). The van der Waals surface area contributed by atoms with E-state index in [4.69, 9.17) is 9.47 Å². The summed E-state index contributed by atoms with van der Waals surface area (Å²) < 4.78 is 11.0. The molecule has 0 spiro atoms. The number of hydrogen-bond acceptors (Lipinski definition) is 3. The number of amides is 1. The number of aryl methyl sites for hydroxylation is 1. The number of nitrogens with one attached hydrogen (secondary N) is 1. The van der Waals surface area contributed by atoms with Crippen LogP contribution in [0.4, 0.5) is 4.79 Å². The van der Waals surface area contributed by atoms with Crippen LogP contribution in [0.2, 0.25) is 0 Å². The van der Waals surface area contributed by atoms with Crippen molar-refractivity contribution >= 4 is 16.9 Å². The second-order valence-corrected chi connectivity index (χ2v) is 7.49. The number of alkyl carbamates (subject to hydrolysis) is 1. The van der Waals surface area contributed by atoms with Gasteiger partial charge in [-0.1, -0.05) is 67.9 Å². The molecule has 0 unspecified atom stereocenters. The van der Waals surface area contributed by atoms with E-state index >= 15 is 0 Å². The van der Waals surface area contributed by atoms with Crippen LogP contribution in [0.5, 0.6) is 5.75 Å². The fraction of sp³-hybridized carbons (Fsp3) is 0.346. The minimum Gasteiger partial charge on any atom is -0.494 e. The van der Waals surface area contributed by atoms with Gasteiger partial charge in [-0.2, -0.15) is 0 Å². The van der Waals surface area contributed by atoms with Crippen molar-refractivity contribution in [1.29, 1.82) is 0 Å². The summed E-state index contributed by atoms with van der Waals surface area (Å²) in [7, 11) is 0. The van der Waals surface area contributed by atoms with E-state index in [0.29, 0.717) is 13.2 Å². The molecule has 0 aliphatic carbocycles. The minimum atomic E-state index is -0.360. The van der Waals surface area contributed by atoms with Gasteiger partial charge in [-0.05, 0) is 59.7 Å². The summed E-state index contributed by atoms with van der Waals surface area (Å²) in [6.45, 7) is 3.86. The van der Waals surface area contributed by atoms with Gasteiger partial charge in [0.25, 0.3) is 0 Å². The normalized spacial score (nSPS) is 10.7. The maximum Gasteiger partial charge on any atom is 0.407 e. The molecule has 0 bridgehead atoms. The third-order valence-electron chi connectivity index (χ3n) is 5.02. The quantitative estimate of drug-likeness (QED) is 0.383. The molecule has 3 aromatic rings. The number of hydrogen-bond donors (Lipinski definition) is 1. The number of ether oxygens (including phenoxy) is 2. The predicted molar refractivity (Wildman–Crippen MR) is 122 cm³/mol. The Bertz CT molecular complexity index is 924. The van der Waals surface area contributed by atoms with Gasteiger partial charge in [-0.3, -0.25) is 0 Å². The second kappa shape index (κ2) is 11.9. The van der Waals surface area contributed by atoms with E-state index in [1.54, 1.807) is 0 Å².